The minimum atomic E-state index is -3.62. The number of hydrogen-bond acceptors (Lipinski definition) is 3. The van der Waals surface area contributed by atoms with Crippen LogP contribution in [-0.4, -0.2) is 14.5 Å². The predicted molar refractivity (Wildman–Crippen MR) is 76.2 cm³/mol. The van der Waals surface area contributed by atoms with Crippen molar-refractivity contribution in [1.29, 1.82) is 5.26 Å². The Kier molecular flexibility index (Phi) is 4.51. The second kappa shape index (κ2) is 5.80. The second-order valence-corrected chi connectivity index (χ2v) is 7.45. The Hall–Kier alpha value is -0.610. The molecule has 19 heavy (non-hydrogen) atoms. The minimum Gasteiger partial charge on any atom is -0.207 e. The first-order valence-electron chi connectivity index (χ1n) is 5.81. The van der Waals surface area contributed by atoms with Crippen LogP contribution in [0.3, 0.4) is 0 Å². The molecule has 0 aliphatic heterocycles. The van der Waals surface area contributed by atoms with Gasteiger partial charge in [0.1, 0.15) is 0 Å². The van der Waals surface area contributed by atoms with Crippen molar-refractivity contribution in [2.75, 3.05) is 0 Å². The molecule has 2 atom stereocenters. The average molecular weight is 364 g/mol. The van der Waals surface area contributed by atoms with E-state index < -0.39 is 10.0 Å². The lowest BCUT2D eigenvalue weighted by molar-refractivity contribution is 0.515. The van der Waals surface area contributed by atoms with Crippen molar-refractivity contribution in [2.24, 2.45) is 5.92 Å². The van der Waals surface area contributed by atoms with Crippen molar-refractivity contribution in [1.82, 2.24) is 4.72 Å². The fraction of sp³-hybridized carbons (Fsp3) is 0.417. The number of sulfonamides is 1. The standard InChI is InChI=1S/C12H12BrClN2O2S/c13-10-6-9(4-5-11(10)14)19(17,18)16-12-3-1-2-8(12)7-15/h4-6,8,12,16H,1-3H2. The van der Waals surface area contributed by atoms with Gasteiger partial charge in [0.2, 0.25) is 10.0 Å². The quantitative estimate of drug-likeness (QED) is 0.897. The van der Waals surface area contributed by atoms with Gasteiger partial charge in [-0.05, 0) is 47.0 Å². The van der Waals surface area contributed by atoms with E-state index in [4.69, 9.17) is 16.9 Å². The van der Waals surface area contributed by atoms with Gasteiger partial charge in [0, 0.05) is 10.5 Å². The Morgan fingerprint density at radius 1 is 1.42 bits per heavy atom. The van der Waals surface area contributed by atoms with E-state index in [-0.39, 0.29) is 16.9 Å². The van der Waals surface area contributed by atoms with E-state index in [1.807, 2.05) is 0 Å². The first kappa shape index (κ1) is 14.8. The molecule has 0 heterocycles. The average Bonchev–Trinajstić information content (AvgIpc) is 2.79. The number of nitrogens with zero attached hydrogens (tertiary/aromatic N) is 1. The van der Waals surface area contributed by atoms with Crippen LogP contribution in [0.4, 0.5) is 0 Å². The summed E-state index contributed by atoms with van der Waals surface area (Å²) in [5, 5.41) is 9.43. The van der Waals surface area contributed by atoms with Crippen LogP contribution in [0.1, 0.15) is 19.3 Å². The fourth-order valence-electron chi connectivity index (χ4n) is 2.17. The highest BCUT2D eigenvalue weighted by molar-refractivity contribution is 9.10. The SMILES string of the molecule is N#CC1CCCC1NS(=O)(=O)c1ccc(Cl)c(Br)c1. The molecule has 2 unspecified atom stereocenters. The van der Waals surface area contributed by atoms with Crippen LogP contribution in [0.2, 0.25) is 5.02 Å². The molecule has 4 nitrogen and oxygen atoms in total. The summed E-state index contributed by atoms with van der Waals surface area (Å²) in [7, 11) is -3.62. The zero-order valence-electron chi connectivity index (χ0n) is 9.94. The summed E-state index contributed by atoms with van der Waals surface area (Å²) in [4.78, 5) is 0.146. The van der Waals surface area contributed by atoms with Gasteiger partial charge in [0.05, 0.1) is 21.9 Å². The topological polar surface area (TPSA) is 70.0 Å². The summed E-state index contributed by atoms with van der Waals surface area (Å²) in [6, 6.07) is 6.28. The number of nitriles is 1. The van der Waals surface area contributed by atoms with Crippen LogP contribution in [0.25, 0.3) is 0 Å². The highest BCUT2D eigenvalue weighted by Crippen LogP contribution is 2.28. The van der Waals surface area contributed by atoms with Crippen molar-refractivity contribution in [3.05, 3.63) is 27.7 Å². The number of halogens is 2. The second-order valence-electron chi connectivity index (χ2n) is 4.47. The van der Waals surface area contributed by atoms with Crippen molar-refractivity contribution >= 4 is 37.6 Å². The minimum absolute atomic E-state index is 0.146. The zero-order chi connectivity index (χ0) is 14.0. The van der Waals surface area contributed by atoms with Crippen LogP contribution in [0.15, 0.2) is 27.6 Å². The highest BCUT2D eigenvalue weighted by atomic mass is 79.9. The molecule has 1 fully saturated rings. The van der Waals surface area contributed by atoms with E-state index in [1.54, 1.807) is 0 Å². The summed E-state index contributed by atoms with van der Waals surface area (Å²) in [6.07, 6.45) is 2.32. The number of rotatable bonds is 3. The summed E-state index contributed by atoms with van der Waals surface area (Å²) >= 11 is 9.04. The molecule has 0 spiro atoms. The number of nitrogens with one attached hydrogen (secondary N) is 1. The molecule has 0 bridgehead atoms. The fourth-order valence-corrected chi connectivity index (χ4v) is 4.15. The summed E-state index contributed by atoms with van der Waals surface area (Å²) in [6.45, 7) is 0. The highest BCUT2D eigenvalue weighted by Gasteiger charge is 2.31. The Labute approximate surface area is 125 Å². The van der Waals surface area contributed by atoms with Crippen molar-refractivity contribution in [2.45, 2.75) is 30.2 Å². The number of benzene rings is 1. The van der Waals surface area contributed by atoms with E-state index in [1.165, 1.54) is 18.2 Å². The van der Waals surface area contributed by atoms with Gasteiger partial charge in [-0.15, -0.1) is 0 Å². The summed E-state index contributed by atoms with van der Waals surface area (Å²) in [5.74, 6) is -0.245. The molecule has 1 aliphatic rings. The third-order valence-corrected chi connectivity index (χ3v) is 5.89. The normalized spacial score (nSPS) is 23.2. The summed E-state index contributed by atoms with van der Waals surface area (Å²) < 4.78 is 27.6. The molecule has 1 aliphatic carbocycles. The Bertz CT molecular complexity index is 627. The first-order chi connectivity index (χ1) is 8.94. The van der Waals surface area contributed by atoms with Crippen LogP contribution in [-0.2, 0) is 10.0 Å². The molecule has 1 saturated carbocycles. The van der Waals surface area contributed by atoms with Gasteiger partial charge in [0.25, 0.3) is 0 Å². The third kappa shape index (κ3) is 3.29. The van der Waals surface area contributed by atoms with Gasteiger partial charge in [-0.1, -0.05) is 18.0 Å². The van der Waals surface area contributed by atoms with E-state index in [2.05, 4.69) is 26.7 Å². The van der Waals surface area contributed by atoms with Gasteiger partial charge in [-0.2, -0.15) is 5.26 Å². The lowest BCUT2D eigenvalue weighted by atomic mass is 10.1. The van der Waals surface area contributed by atoms with E-state index in [0.29, 0.717) is 15.9 Å². The van der Waals surface area contributed by atoms with Crippen LogP contribution < -0.4 is 4.72 Å². The van der Waals surface area contributed by atoms with Crippen molar-refractivity contribution in [3.63, 3.8) is 0 Å². The molecular weight excluding hydrogens is 352 g/mol. The Balaban J connectivity index is 2.23. The van der Waals surface area contributed by atoms with Crippen molar-refractivity contribution < 1.29 is 8.42 Å². The molecular formula is C12H12BrClN2O2S. The molecule has 1 aromatic carbocycles. The maximum absolute atomic E-state index is 12.2. The number of hydrogen-bond donors (Lipinski definition) is 1. The van der Waals surface area contributed by atoms with Gasteiger partial charge >= 0.3 is 0 Å². The Morgan fingerprint density at radius 3 is 2.79 bits per heavy atom. The molecule has 0 radical (unpaired) electrons. The monoisotopic (exact) mass is 362 g/mol. The molecule has 1 N–H and O–H groups in total. The van der Waals surface area contributed by atoms with Crippen LogP contribution in [0, 0.1) is 17.2 Å². The van der Waals surface area contributed by atoms with Crippen molar-refractivity contribution in [3.8, 4) is 6.07 Å². The predicted octanol–water partition coefficient (Wildman–Crippen LogP) is 3.07. The smallest absolute Gasteiger partial charge is 0.207 e. The molecule has 0 saturated heterocycles. The molecule has 7 heteroatoms. The maximum Gasteiger partial charge on any atom is 0.240 e. The molecule has 102 valence electrons. The van der Waals surface area contributed by atoms with Gasteiger partial charge < -0.3 is 0 Å². The van der Waals surface area contributed by atoms with E-state index in [0.717, 1.165) is 12.8 Å². The van der Waals surface area contributed by atoms with Crippen LogP contribution >= 0.6 is 27.5 Å². The zero-order valence-corrected chi connectivity index (χ0v) is 13.1. The molecule has 0 aromatic heterocycles. The summed E-state index contributed by atoms with van der Waals surface area (Å²) in [5.41, 5.74) is 0. The maximum atomic E-state index is 12.2. The lowest BCUT2D eigenvalue weighted by Crippen LogP contribution is -2.36. The molecule has 1 aromatic rings. The molecule has 0 amide bonds. The lowest BCUT2D eigenvalue weighted by Gasteiger charge is -2.16. The van der Waals surface area contributed by atoms with E-state index in [9.17, 15) is 8.42 Å². The Morgan fingerprint density at radius 2 is 2.16 bits per heavy atom. The van der Waals surface area contributed by atoms with E-state index >= 15 is 0 Å². The van der Waals surface area contributed by atoms with Gasteiger partial charge in [0.15, 0.2) is 0 Å². The largest absolute Gasteiger partial charge is 0.240 e. The molecule has 2 rings (SSSR count). The first-order valence-corrected chi connectivity index (χ1v) is 8.46. The van der Waals surface area contributed by atoms with Crippen LogP contribution in [0.5, 0.6) is 0 Å². The van der Waals surface area contributed by atoms with Gasteiger partial charge in [-0.3, -0.25) is 0 Å². The third-order valence-electron chi connectivity index (χ3n) is 3.19. The van der Waals surface area contributed by atoms with Gasteiger partial charge in [-0.25, -0.2) is 13.1 Å².